The van der Waals surface area contributed by atoms with Crippen molar-refractivity contribution < 1.29 is 19.4 Å². The van der Waals surface area contributed by atoms with Crippen LogP contribution < -0.4 is 5.32 Å². The second kappa shape index (κ2) is 9.09. The molecule has 1 aromatic rings. The summed E-state index contributed by atoms with van der Waals surface area (Å²) >= 11 is 0. The Morgan fingerprint density at radius 1 is 1.15 bits per heavy atom. The average Bonchev–Trinajstić information content (AvgIpc) is 2.64. The normalized spacial score (nSPS) is 14.1. The van der Waals surface area contributed by atoms with Gasteiger partial charge in [-0.1, -0.05) is 19.8 Å². The molecule has 2 rings (SSSR count). The highest BCUT2D eigenvalue weighted by Crippen LogP contribution is 2.36. The molecule has 0 spiro atoms. The molecule has 1 saturated heterocycles. The van der Waals surface area contributed by atoms with Crippen molar-refractivity contribution >= 4 is 23.0 Å². The number of benzene rings is 1. The third-order valence-corrected chi connectivity index (χ3v) is 4.12. The van der Waals surface area contributed by atoms with Crippen molar-refractivity contribution in [3.63, 3.8) is 0 Å². The Kier molecular flexibility index (Phi) is 6.84. The Morgan fingerprint density at radius 3 is 2.23 bits per heavy atom. The zero-order valence-electron chi connectivity index (χ0n) is 14.6. The smallest absolute Gasteiger partial charge is 0.300 e. The number of rotatable bonds is 8. The lowest BCUT2D eigenvalue weighted by Crippen LogP contribution is -2.40. The number of ether oxygens (including phenoxy) is 1. The van der Waals surface area contributed by atoms with Gasteiger partial charge < -0.3 is 15.0 Å². The predicted octanol–water partition coefficient (Wildman–Crippen LogP) is 2.58. The van der Waals surface area contributed by atoms with Crippen molar-refractivity contribution in [3.8, 4) is 0 Å². The number of nitrogens with one attached hydrogen (secondary N) is 1. The van der Waals surface area contributed by atoms with Gasteiger partial charge in [-0.25, -0.2) is 0 Å². The topological polar surface area (TPSA) is 128 Å². The van der Waals surface area contributed by atoms with E-state index >= 15 is 0 Å². The monoisotopic (exact) mass is 366 g/mol. The number of carbonyl (C=O) groups excluding carboxylic acids is 1. The van der Waals surface area contributed by atoms with Crippen LogP contribution in [0.4, 0.5) is 17.1 Å². The first-order valence-electron chi connectivity index (χ1n) is 8.53. The van der Waals surface area contributed by atoms with Crippen LogP contribution in [0, 0.1) is 20.2 Å². The van der Waals surface area contributed by atoms with E-state index in [1.165, 1.54) is 4.90 Å². The molecular weight excluding hydrogens is 344 g/mol. The molecule has 0 atom stereocenters. The highest BCUT2D eigenvalue weighted by Gasteiger charge is 2.30. The number of hydrogen-bond donors (Lipinski definition) is 1. The summed E-state index contributed by atoms with van der Waals surface area (Å²) in [5.74, 6) is -0.475. The van der Waals surface area contributed by atoms with Crippen molar-refractivity contribution in [2.24, 2.45) is 0 Å². The molecule has 10 nitrogen and oxygen atoms in total. The maximum atomic E-state index is 12.6. The third-order valence-electron chi connectivity index (χ3n) is 4.12. The van der Waals surface area contributed by atoms with Crippen LogP contribution in [0.15, 0.2) is 12.1 Å². The third kappa shape index (κ3) is 4.66. The molecule has 1 aliphatic heterocycles. The Bertz CT molecular complexity index is 652. The van der Waals surface area contributed by atoms with Crippen LogP contribution in [-0.4, -0.2) is 53.5 Å². The largest absolute Gasteiger partial charge is 0.378 e. The summed E-state index contributed by atoms with van der Waals surface area (Å²) in [6.45, 7) is 3.82. The van der Waals surface area contributed by atoms with Gasteiger partial charge in [-0.3, -0.25) is 25.0 Å². The molecule has 0 bridgehead atoms. The van der Waals surface area contributed by atoms with Gasteiger partial charge in [0, 0.05) is 31.8 Å². The number of unbranched alkanes of at least 4 members (excludes halogenated alkanes) is 2. The molecule has 142 valence electrons. The summed E-state index contributed by atoms with van der Waals surface area (Å²) in [5, 5.41) is 25.7. The van der Waals surface area contributed by atoms with Crippen LogP contribution in [0.25, 0.3) is 0 Å². The molecule has 1 fully saturated rings. The van der Waals surface area contributed by atoms with Crippen LogP contribution in [0.1, 0.15) is 36.5 Å². The molecule has 0 aromatic heterocycles. The van der Waals surface area contributed by atoms with E-state index < -0.39 is 27.1 Å². The molecule has 1 heterocycles. The second-order valence-corrected chi connectivity index (χ2v) is 5.94. The van der Waals surface area contributed by atoms with Gasteiger partial charge >= 0.3 is 0 Å². The number of morpholine rings is 1. The standard InChI is InChI=1S/C16H22N4O6/c1-2-3-4-5-17-15-13(19(22)23)10-12(11-14(15)20(24)25)16(21)18-6-8-26-9-7-18/h10-11,17H,2-9H2,1H3. The van der Waals surface area contributed by atoms with Gasteiger partial charge in [0.15, 0.2) is 5.69 Å². The van der Waals surface area contributed by atoms with Crippen LogP contribution in [0.5, 0.6) is 0 Å². The number of nitrogens with zero attached hydrogens (tertiary/aromatic N) is 3. The second-order valence-electron chi connectivity index (χ2n) is 5.94. The van der Waals surface area contributed by atoms with E-state index in [4.69, 9.17) is 4.74 Å². The van der Waals surface area contributed by atoms with Crippen LogP contribution in [0.3, 0.4) is 0 Å². The highest BCUT2D eigenvalue weighted by atomic mass is 16.6. The van der Waals surface area contributed by atoms with E-state index in [2.05, 4.69) is 5.32 Å². The van der Waals surface area contributed by atoms with Gasteiger partial charge in [-0.05, 0) is 6.42 Å². The number of amides is 1. The van der Waals surface area contributed by atoms with Crippen molar-refractivity contribution in [2.45, 2.75) is 26.2 Å². The van der Waals surface area contributed by atoms with E-state index in [0.717, 1.165) is 31.4 Å². The van der Waals surface area contributed by atoms with Gasteiger partial charge in [0.05, 0.1) is 28.6 Å². The van der Waals surface area contributed by atoms with Gasteiger partial charge in [0.2, 0.25) is 0 Å². The maximum absolute atomic E-state index is 12.6. The lowest BCUT2D eigenvalue weighted by Gasteiger charge is -2.26. The lowest BCUT2D eigenvalue weighted by atomic mass is 10.1. The summed E-state index contributed by atoms with van der Waals surface area (Å²) in [6.07, 6.45) is 2.60. The highest BCUT2D eigenvalue weighted by molar-refractivity contribution is 5.97. The molecule has 1 aliphatic rings. The molecule has 1 aromatic carbocycles. The number of nitro benzene ring substituents is 2. The number of anilines is 1. The van der Waals surface area contributed by atoms with Gasteiger partial charge in [-0.15, -0.1) is 0 Å². The van der Waals surface area contributed by atoms with Crippen molar-refractivity contribution in [1.82, 2.24) is 4.90 Å². The maximum Gasteiger partial charge on any atom is 0.300 e. The fraction of sp³-hybridized carbons (Fsp3) is 0.562. The quantitative estimate of drug-likeness (QED) is 0.425. The Labute approximate surface area is 150 Å². The molecular formula is C16H22N4O6. The minimum Gasteiger partial charge on any atom is -0.378 e. The Morgan fingerprint density at radius 2 is 1.73 bits per heavy atom. The first-order chi connectivity index (χ1) is 12.5. The molecule has 0 aliphatic carbocycles. The number of nitro groups is 2. The van der Waals surface area contributed by atoms with E-state index in [9.17, 15) is 25.0 Å². The lowest BCUT2D eigenvalue weighted by molar-refractivity contribution is -0.392. The molecule has 0 radical (unpaired) electrons. The molecule has 26 heavy (non-hydrogen) atoms. The van der Waals surface area contributed by atoms with Crippen molar-refractivity contribution in [2.75, 3.05) is 38.2 Å². The zero-order valence-corrected chi connectivity index (χ0v) is 14.6. The predicted molar refractivity (Wildman–Crippen MR) is 94.5 cm³/mol. The molecule has 0 unspecified atom stereocenters. The summed E-state index contributed by atoms with van der Waals surface area (Å²) in [7, 11) is 0. The first-order valence-corrected chi connectivity index (χ1v) is 8.53. The number of carbonyl (C=O) groups is 1. The average molecular weight is 366 g/mol. The minimum atomic E-state index is -0.703. The fourth-order valence-electron chi connectivity index (χ4n) is 2.74. The Hall–Kier alpha value is -2.75. The van der Waals surface area contributed by atoms with Crippen molar-refractivity contribution in [1.29, 1.82) is 0 Å². The first kappa shape index (κ1) is 19.6. The minimum absolute atomic E-state index is 0.0654. The molecule has 10 heteroatoms. The van der Waals surface area contributed by atoms with E-state index in [0.29, 0.717) is 32.8 Å². The summed E-state index contributed by atoms with van der Waals surface area (Å²) in [5.41, 5.74) is -1.15. The molecule has 1 N–H and O–H groups in total. The van der Waals surface area contributed by atoms with Crippen LogP contribution in [0.2, 0.25) is 0 Å². The van der Waals surface area contributed by atoms with Gasteiger partial charge in [0.25, 0.3) is 17.3 Å². The van der Waals surface area contributed by atoms with Crippen LogP contribution >= 0.6 is 0 Å². The van der Waals surface area contributed by atoms with Crippen LogP contribution in [-0.2, 0) is 4.74 Å². The summed E-state index contributed by atoms with van der Waals surface area (Å²) in [6, 6.07) is 2.21. The van der Waals surface area contributed by atoms with E-state index in [1.807, 2.05) is 6.92 Å². The molecule has 0 saturated carbocycles. The van der Waals surface area contributed by atoms with Gasteiger partial charge in [-0.2, -0.15) is 0 Å². The summed E-state index contributed by atoms with van der Waals surface area (Å²) < 4.78 is 5.17. The van der Waals surface area contributed by atoms with Gasteiger partial charge in [0.1, 0.15) is 0 Å². The SMILES string of the molecule is CCCCCNc1c([N+](=O)[O-])cc(C(=O)N2CCOCC2)cc1[N+](=O)[O-]. The zero-order chi connectivity index (χ0) is 19.1. The van der Waals surface area contributed by atoms with Crippen molar-refractivity contribution in [3.05, 3.63) is 37.9 Å². The van der Waals surface area contributed by atoms with E-state index in [-0.39, 0.29) is 11.3 Å². The fourth-order valence-corrected chi connectivity index (χ4v) is 2.74. The van der Waals surface area contributed by atoms with E-state index in [1.54, 1.807) is 0 Å². The Balaban J connectivity index is 2.37. The molecule has 1 amide bonds. The number of hydrogen-bond acceptors (Lipinski definition) is 7. The summed E-state index contributed by atoms with van der Waals surface area (Å²) in [4.78, 5) is 35.5.